The van der Waals surface area contributed by atoms with Gasteiger partial charge in [-0.2, -0.15) is 0 Å². The van der Waals surface area contributed by atoms with E-state index in [-0.39, 0.29) is 0 Å². The number of pyridine rings is 1. The monoisotopic (exact) mass is 284 g/mol. The van der Waals surface area contributed by atoms with Crippen LogP contribution >= 0.6 is 0 Å². The Hall–Kier alpha value is -1.81. The van der Waals surface area contributed by atoms with E-state index in [0.717, 1.165) is 53.5 Å². The fraction of sp³-hybridized carbons (Fsp3) is 0.471. The highest BCUT2D eigenvalue weighted by Crippen LogP contribution is 2.21. The van der Waals surface area contributed by atoms with Gasteiger partial charge in [0.15, 0.2) is 5.82 Å². The zero-order valence-electron chi connectivity index (χ0n) is 13.6. The van der Waals surface area contributed by atoms with Crippen LogP contribution < -0.4 is 5.32 Å². The third-order valence-electron chi connectivity index (χ3n) is 3.65. The Kier molecular flexibility index (Phi) is 5.02. The second kappa shape index (κ2) is 6.76. The van der Waals surface area contributed by atoms with Crippen LogP contribution in [-0.4, -0.2) is 28.0 Å². The minimum atomic E-state index is 0.731. The predicted octanol–water partition coefficient (Wildman–Crippen LogP) is 2.92. The number of hydrogen-bond donors (Lipinski definition) is 1. The van der Waals surface area contributed by atoms with Crippen molar-refractivity contribution in [2.75, 3.05) is 13.1 Å². The molecule has 2 aromatic rings. The summed E-state index contributed by atoms with van der Waals surface area (Å²) < 4.78 is 0. The highest BCUT2D eigenvalue weighted by molar-refractivity contribution is 5.55. The summed E-state index contributed by atoms with van der Waals surface area (Å²) in [5.41, 5.74) is 6.50. The van der Waals surface area contributed by atoms with Gasteiger partial charge in [0.2, 0.25) is 0 Å². The van der Waals surface area contributed by atoms with Crippen LogP contribution in [0, 0.1) is 27.7 Å². The van der Waals surface area contributed by atoms with E-state index in [2.05, 4.69) is 54.0 Å². The molecule has 0 fully saturated rings. The van der Waals surface area contributed by atoms with Crippen LogP contribution in [0.5, 0.6) is 0 Å². The average Bonchev–Trinajstić information content (AvgIpc) is 2.41. The Labute approximate surface area is 127 Å². The molecule has 0 saturated heterocycles. The molecule has 0 amide bonds. The van der Waals surface area contributed by atoms with Crippen molar-refractivity contribution in [1.82, 2.24) is 20.3 Å². The lowest BCUT2D eigenvalue weighted by Crippen LogP contribution is -2.18. The topological polar surface area (TPSA) is 50.7 Å². The molecule has 21 heavy (non-hydrogen) atoms. The van der Waals surface area contributed by atoms with Crippen LogP contribution in [0.1, 0.15) is 35.0 Å². The molecule has 2 aromatic heterocycles. The summed E-state index contributed by atoms with van der Waals surface area (Å²) in [4.78, 5) is 13.8. The Balaban J connectivity index is 2.35. The second-order valence-electron chi connectivity index (χ2n) is 5.48. The number of nitrogens with zero attached hydrogens (tertiary/aromatic N) is 3. The molecule has 0 saturated carbocycles. The summed E-state index contributed by atoms with van der Waals surface area (Å²) in [7, 11) is 0. The SMILES string of the molecule is CCNCCc1c(C)nc(-c2ncc(C)cc2C)nc1C. The van der Waals surface area contributed by atoms with E-state index in [4.69, 9.17) is 0 Å². The van der Waals surface area contributed by atoms with E-state index in [1.807, 2.05) is 13.1 Å². The van der Waals surface area contributed by atoms with Crippen molar-refractivity contribution in [3.63, 3.8) is 0 Å². The number of nitrogens with one attached hydrogen (secondary N) is 1. The fourth-order valence-corrected chi connectivity index (χ4v) is 2.55. The molecular weight excluding hydrogens is 260 g/mol. The first-order valence-corrected chi connectivity index (χ1v) is 7.51. The fourth-order valence-electron chi connectivity index (χ4n) is 2.55. The average molecular weight is 284 g/mol. The first-order valence-electron chi connectivity index (χ1n) is 7.51. The van der Waals surface area contributed by atoms with Gasteiger partial charge in [0, 0.05) is 17.6 Å². The van der Waals surface area contributed by atoms with Crippen LogP contribution in [0.2, 0.25) is 0 Å². The number of aromatic nitrogens is 3. The van der Waals surface area contributed by atoms with Crippen LogP contribution in [0.25, 0.3) is 11.5 Å². The van der Waals surface area contributed by atoms with Gasteiger partial charge in [-0.1, -0.05) is 13.0 Å². The maximum absolute atomic E-state index is 4.67. The largest absolute Gasteiger partial charge is 0.317 e. The summed E-state index contributed by atoms with van der Waals surface area (Å²) in [5.74, 6) is 0.731. The van der Waals surface area contributed by atoms with Crippen molar-refractivity contribution in [2.45, 2.75) is 41.0 Å². The van der Waals surface area contributed by atoms with E-state index < -0.39 is 0 Å². The summed E-state index contributed by atoms with van der Waals surface area (Å²) >= 11 is 0. The molecule has 0 aromatic carbocycles. The van der Waals surface area contributed by atoms with Gasteiger partial charge < -0.3 is 5.32 Å². The molecule has 0 aliphatic rings. The minimum Gasteiger partial charge on any atom is -0.317 e. The molecule has 112 valence electrons. The van der Waals surface area contributed by atoms with Gasteiger partial charge in [0.1, 0.15) is 5.69 Å². The lowest BCUT2D eigenvalue weighted by Gasteiger charge is -2.12. The predicted molar refractivity (Wildman–Crippen MR) is 86.5 cm³/mol. The Morgan fingerprint density at radius 2 is 1.71 bits per heavy atom. The molecule has 0 unspecified atom stereocenters. The number of hydrogen-bond acceptors (Lipinski definition) is 4. The van der Waals surface area contributed by atoms with Gasteiger partial charge in [-0.15, -0.1) is 0 Å². The molecule has 4 heteroatoms. The second-order valence-corrected chi connectivity index (χ2v) is 5.48. The third kappa shape index (κ3) is 3.64. The normalized spacial score (nSPS) is 10.9. The molecule has 4 nitrogen and oxygen atoms in total. The molecule has 0 radical (unpaired) electrons. The molecule has 0 aliphatic carbocycles. The molecule has 0 atom stereocenters. The Morgan fingerprint density at radius 3 is 2.29 bits per heavy atom. The minimum absolute atomic E-state index is 0.731. The van der Waals surface area contributed by atoms with Crippen molar-refractivity contribution in [2.24, 2.45) is 0 Å². The van der Waals surface area contributed by atoms with E-state index in [9.17, 15) is 0 Å². The van der Waals surface area contributed by atoms with Crippen molar-refractivity contribution in [3.05, 3.63) is 40.3 Å². The summed E-state index contributed by atoms with van der Waals surface area (Å²) in [6.45, 7) is 12.3. The van der Waals surface area contributed by atoms with Gasteiger partial charge in [-0.05, 0) is 63.9 Å². The first kappa shape index (κ1) is 15.6. The summed E-state index contributed by atoms with van der Waals surface area (Å²) in [6.07, 6.45) is 2.83. The van der Waals surface area contributed by atoms with Crippen molar-refractivity contribution >= 4 is 0 Å². The van der Waals surface area contributed by atoms with Gasteiger partial charge in [-0.3, -0.25) is 4.98 Å². The van der Waals surface area contributed by atoms with E-state index in [1.165, 1.54) is 5.56 Å². The smallest absolute Gasteiger partial charge is 0.178 e. The van der Waals surface area contributed by atoms with E-state index in [1.54, 1.807) is 0 Å². The Bertz CT molecular complexity index is 612. The summed E-state index contributed by atoms with van der Waals surface area (Å²) in [5, 5.41) is 3.34. The molecule has 1 N–H and O–H groups in total. The molecule has 0 bridgehead atoms. The van der Waals surface area contributed by atoms with E-state index in [0.29, 0.717) is 0 Å². The molecule has 2 heterocycles. The highest BCUT2D eigenvalue weighted by atomic mass is 14.9. The van der Waals surface area contributed by atoms with Gasteiger partial charge in [0.25, 0.3) is 0 Å². The summed E-state index contributed by atoms with van der Waals surface area (Å²) in [6, 6.07) is 2.12. The standard InChI is InChI=1S/C17H24N4/c1-6-18-8-7-15-13(4)20-17(21-14(15)5)16-12(3)9-11(2)10-19-16/h9-10,18H,6-8H2,1-5H3. The van der Waals surface area contributed by atoms with Crippen LogP contribution in [0.4, 0.5) is 0 Å². The van der Waals surface area contributed by atoms with Gasteiger partial charge >= 0.3 is 0 Å². The lowest BCUT2D eigenvalue weighted by atomic mass is 10.1. The van der Waals surface area contributed by atoms with Crippen molar-refractivity contribution < 1.29 is 0 Å². The number of rotatable bonds is 5. The van der Waals surface area contributed by atoms with Gasteiger partial charge in [-0.25, -0.2) is 9.97 Å². The van der Waals surface area contributed by atoms with Gasteiger partial charge in [0.05, 0.1) is 0 Å². The maximum Gasteiger partial charge on any atom is 0.178 e. The molecule has 0 spiro atoms. The zero-order chi connectivity index (χ0) is 15.4. The Morgan fingerprint density at radius 1 is 1.05 bits per heavy atom. The lowest BCUT2D eigenvalue weighted by molar-refractivity contribution is 0.708. The molecule has 0 aliphatic heterocycles. The zero-order valence-corrected chi connectivity index (χ0v) is 13.6. The maximum atomic E-state index is 4.67. The molecule has 2 rings (SSSR count). The number of aryl methyl sites for hydroxylation is 4. The highest BCUT2D eigenvalue weighted by Gasteiger charge is 2.12. The van der Waals surface area contributed by atoms with Crippen LogP contribution in [0.3, 0.4) is 0 Å². The van der Waals surface area contributed by atoms with Crippen molar-refractivity contribution in [1.29, 1.82) is 0 Å². The quantitative estimate of drug-likeness (QED) is 0.858. The van der Waals surface area contributed by atoms with Crippen LogP contribution in [-0.2, 0) is 6.42 Å². The van der Waals surface area contributed by atoms with E-state index >= 15 is 0 Å². The van der Waals surface area contributed by atoms with Crippen molar-refractivity contribution in [3.8, 4) is 11.5 Å². The number of likely N-dealkylation sites (N-methyl/N-ethyl adjacent to an activating group) is 1. The third-order valence-corrected chi connectivity index (χ3v) is 3.65. The van der Waals surface area contributed by atoms with Crippen LogP contribution in [0.15, 0.2) is 12.3 Å². The first-order chi connectivity index (χ1) is 10.0. The molecular formula is C17H24N4.